The zero-order valence-corrected chi connectivity index (χ0v) is 20.4. The summed E-state index contributed by atoms with van der Waals surface area (Å²) in [7, 11) is 3.24. The van der Waals surface area contributed by atoms with Crippen molar-refractivity contribution in [2.24, 2.45) is 0 Å². The standard InChI is InChI=1S/C28H28N2O3S/c1-4-5-6-19-7-9-20(10-8-19)28(31)30-21-11-13-22(14-12-21)34-27-15-16-29-24-18-26(33-3)25(32-2)17-23(24)27/h7-18H,4-6H2,1-3H3,(H,30,31). The Labute approximate surface area is 204 Å². The molecule has 5 nitrogen and oxygen atoms in total. The molecule has 4 aromatic rings. The summed E-state index contributed by atoms with van der Waals surface area (Å²) in [5.74, 6) is 1.21. The molecule has 1 amide bonds. The molecule has 0 spiro atoms. The third-order valence-corrected chi connectivity index (χ3v) is 6.67. The number of hydrogen-bond donors (Lipinski definition) is 1. The Morgan fingerprint density at radius 2 is 1.65 bits per heavy atom. The molecular weight excluding hydrogens is 444 g/mol. The van der Waals surface area contributed by atoms with Gasteiger partial charge >= 0.3 is 0 Å². The highest BCUT2D eigenvalue weighted by atomic mass is 32.2. The molecule has 0 fully saturated rings. The molecule has 0 unspecified atom stereocenters. The summed E-state index contributed by atoms with van der Waals surface area (Å²) in [6.07, 6.45) is 5.16. The van der Waals surface area contributed by atoms with Gasteiger partial charge in [0.1, 0.15) is 0 Å². The molecule has 0 atom stereocenters. The molecule has 0 aliphatic rings. The topological polar surface area (TPSA) is 60.5 Å². The van der Waals surface area contributed by atoms with Gasteiger partial charge in [0.25, 0.3) is 5.91 Å². The number of methoxy groups -OCH3 is 2. The Balaban J connectivity index is 1.46. The number of fused-ring (bicyclic) bond motifs is 1. The number of unbranched alkanes of at least 4 members (excludes halogenated alkanes) is 1. The van der Waals surface area contributed by atoms with Crippen LogP contribution in [0.3, 0.4) is 0 Å². The number of rotatable bonds is 9. The predicted molar refractivity (Wildman–Crippen MR) is 138 cm³/mol. The third kappa shape index (κ3) is 5.51. The number of hydrogen-bond acceptors (Lipinski definition) is 5. The van der Waals surface area contributed by atoms with E-state index < -0.39 is 0 Å². The van der Waals surface area contributed by atoms with Gasteiger partial charge in [-0.3, -0.25) is 9.78 Å². The molecule has 0 aliphatic carbocycles. The van der Waals surface area contributed by atoms with E-state index >= 15 is 0 Å². The minimum atomic E-state index is -0.108. The number of aryl methyl sites for hydroxylation is 1. The number of benzene rings is 3. The Kier molecular flexibility index (Phi) is 7.70. The second-order valence-electron chi connectivity index (χ2n) is 7.91. The molecule has 1 heterocycles. The fourth-order valence-electron chi connectivity index (χ4n) is 3.68. The molecule has 1 aromatic heterocycles. The number of carbonyl (C=O) groups is 1. The molecule has 0 bridgehead atoms. The van der Waals surface area contributed by atoms with Crippen LogP contribution in [0.4, 0.5) is 5.69 Å². The molecular formula is C28H28N2O3S. The molecule has 3 aromatic carbocycles. The first-order valence-corrected chi connectivity index (χ1v) is 12.1. The van der Waals surface area contributed by atoms with Crippen molar-refractivity contribution in [1.82, 2.24) is 4.98 Å². The zero-order chi connectivity index (χ0) is 23.9. The Hall–Kier alpha value is -3.51. The highest BCUT2D eigenvalue weighted by molar-refractivity contribution is 7.99. The highest BCUT2D eigenvalue weighted by Gasteiger charge is 2.11. The van der Waals surface area contributed by atoms with Gasteiger partial charge in [-0.15, -0.1) is 0 Å². The minimum Gasteiger partial charge on any atom is -0.493 e. The van der Waals surface area contributed by atoms with Crippen LogP contribution in [0.15, 0.2) is 82.7 Å². The number of amides is 1. The van der Waals surface area contributed by atoms with E-state index in [-0.39, 0.29) is 5.91 Å². The van der Waals surface area contributed by atoms with Gasteiger partial charge < -0.3 is 14.8 Å². The van der Waals surface area contributed by atoms with Crippen LogP contribution in [0.25, 0.3) is 10.9 Å². The molecule has 174 valence electrons. The van der Waals surface area contributed by atoms with E-state index in [0.717, 1.165) is 45.6 Å². The lowest BCUT2D eigenvalue weighted by Crippen LogP contribution is -2.11. The summed E-state index contributed by atoms with van der Waals surface area (Å²) in [6.45, 7) is 2.18. The van der Waals surface area contributed by atoms with Crippen molar-refractivity contribution in [3.8, 4) is 11.5 Å². The van der Waals surface area contributed by atoms with E-state index in [0.29, 0.717) is 17.1 Å². The molecule has 34 heavy (non-hydrogen) atoms. The van der Waals surface area contributed by atoms with E-state index in [2.05, 4.69) is 17.2 Å². The molecule has 0 radical (unpaired) electrons. The predicted octanol–water partition coefficient (Wildman–Crippen LogP) is 7.00. The van der Waals surface area contributed by atoms with Gasteiger partial charge in [0.15, 0.2) is 11.5 Å². The molecule has 1 N–H and O–H groups in total. The van der Waals surface area contributed by atoms with Crippen molar-refractivity contribution < 1.29 is 14.3 Å². The minimum absolute atomic E-state index is 0.108. The quantitative estimate of drug-likeness (QED) is 0.284. The lowest BCUT2D eigenvalue weighted by Gasteiger charge is -2.11. The van der Waals surface area contributed by atoms with Crippen molar-refractivity contribution in [3.63, 3.8) is 0 Å². The lowest BCUT2D eigenvalue weighted by molar-refractivity contribution is 0.102. The van der Waals surface area contributed by atoms with Crippen molar-refractivity contribution in [3.05, 3.63) is 84.1 Å². The zero-order valence-electron chi connectivity index (χ0n) is 19.6. The Morgan fingerprint density at radius 1 is 0.941 bits per heavy atom. The summed E-state index contributed by atoms with van der Waals surface area (Å²) >= 11 is 1.63. The van der Waals surface area contributed by atoms with Crippen LogP contribution in [0.1, 0.15) is 35.7 Å². The fourth-order valence-corrected chi connectivity index (χ4v) is 4.61. The fraction of sp³-hybridized carbons (Fsp3) is 0.214. The van der Waals surface area contributed by atoms with Crippen molar-refractivity contribution >= 4 is 34.3 Å². The summed E-state index contributed by atoms with van der Waals surface area (Å²) in [5.41, 5.74) is 3.52. The van der Waals surface area contributed by atoms with Crippen LogP contribution in [-0.2, 0) is 6.42 Å². The van der Waals surface area contributed by atoms with E-state index in [4.69, 9.17) is 9.47 Å². The van der Waals surface area contributed by atoms with Gasteiger partial charge in [0.05, 0.1) is 19.7 Å². The summed E-state index contributed by atoms with van der Waals surface area (Å²) in [6, 6.07) is 21.5. The number of nitrogens with one attached hydrogen (secondary N) is 1. The number of pyridine rings is 1. The maximum atomic E-state index is 12.6. The average molecular weight is 473 g/mol. The first-order chi connectivity index (χ1) is 16.6. The molecule has 4 rings (SSSR count). The summed E-state index contributed by atoms with van der Waals surface area (Å²) in [5, 5.41) is 3.97. The van der Waals surface area contributed by atoms with Gasteiger partial charge in [-0.1, -0.05) is 37.2 Å². The largest absolute Gasteiger partial charge is 0.493 e. The van der Waals surface area contributed by atoms with Crippen LogP contribution in [-0.4, -0.2) is 25.1 Å². The van der Waals surface area contributed by atoms with Crippen LogP contribution < -0.4 is 14.8 Å². The van der Waals surface area contributed by atoms with Crippen LogP contribution >= 0.6 is 11.8 Å². The van der Waals surface area contributed by atoms with Crippen LogP contribution in [0.5, 0.6) is 11.5 Å². The number of aromatic nitrogens is 1. The number of anilines is 1. The second kappa shape index (κ2) is 11.1. The van der Waals surface area contributed by atoms with Gasteiger partial charge in [-0.05, 0) is 66.9 Å². The first-order valence-electron chi connectivity index (χ1n) is 11.3. The Bertz CT molecular complexity index is 1270. The first kappa shape index (κ1) is 23.6. The van der Waals surface area contributed by atoms with E-state index in [1.54, 1.807) is 32.2 Å². The lowest BCUT2D eigenvalue weighted by atomic mass is 10.1. The molecule has 0 aliphatic heterocycles. The van der Waals surface area contributed by atoms with Crippen molar-refractivity contribution in [1.29, 1.82) is 0 Å². The van der Waals surface area contributed by atoms with Gasteiger partial charge in [-0.25, -0.2) is 0 Å². The highest BCUT2D eigenvalue weighted by Crippen LogP contribution is 2.38. The number of nitrogens with zero attached hydrogens (tertiary/aromatic N) is 1. The maximum absolute atomic E-state index is 12.6. The van der Waals surface area contributed by atoms with Gasteiger partial charge in [0, 0.05) is 38.7 Å². The van der Waals surface area contributed by atoms with Crippen LogP contribution in [0.2, 0.25) is 0 Å². The SMILES string of the molecule is CCCCc1ccc(C(=O)Nc2ccc(Sc3ccnc4cc(OC)c(OC)cc34)cc2)cc1. The van der Waals surface area contributed by atoms with E-state index in [1.165, 1.54) is 5.56 Å². The smallest absolute Gasteiger partial charge is 0.255 e. The summed E-state index contributed by atoms with van der Waals surface area (Å²) in [4.78, 5) is 19.2. The van der Waals surface area contributed by atoms with E-state index in [1.807, 2.05) is 66.7 Å². The monoisotopic (exact) mass is 472 g/mol. The summed E-state index contributed by atoms with van der Waals surface area (Å²) < 4.78 is 10.9. The molecule has 6 heteroatoms. The second-order valence-corrected chi connectivity index (χ2v) is 9.03. The van der Waals surface area contributed by atoms with Gasteiger partial charge in [-0.2, -0.15) is 0 Å². The average Bonchev–Trinajstić information content (AvgIpc) is 2.88. The van der Waals surface area contributed by atoms with Crippen molar-refractivity contribution in [2.75, 3.05) is 19.5 Å². The van der Waals surface area contributed by atoms with Crippen molar-refractivity contribution in [2.45, 2.75) is 36.0 Å². The Morgan fingerprint density at radius 3 is 2.32 bits per heavy atom. The van der Waals surface area contributed by atoms with Gasteiger partial charge in [0.2, 0.25) is 0 Å². The number of ether oxygens (including phenoxy) is 2. The molecule has 0 saturated carbocycles. The van der Waals surface area contributed by atoms with Crippen LogP contribution in [0, 0.1) is 0 Å². The number of carbonyl (C=O) groups excluding carboxylic acids is 1. The normalized spacial score (nSPS) is 10.8. The third-order valence-electron chi connectivity index (χ3n) is 5.58. The van der Waals surface area contributed by atoms with E-state index in [9.17, 15) is 4.79 Å². The maximum Gasteiger partial charge on any atom is 0.255 e. The molecule has 0 saturated heterocycles.